The van der Waals surface area contributed by atoms with Gasteiger partial charge < -0.3 is 11.1 Å². The molecule has 2 rings (SSSR count). The number of aryl methyl sites for hydroxylation is 1. The van der Waals surface area contributed by atoms with Crippen molar-refractivity contribution in [2.75, 3.05) is 11.1 Å². The number of nitrogens with two attached hydrogens (primary N) is 1. The number of nitrogen functional groups attached to an aromatic ring is 1. The molecule has 0 aliphatic heterocycles. The van der Waals surface area contributed by atoms with Gasteiger partial charge in [-0.05, 0) is 24.1 Å². The van der Waals surface area contributed by atoms with Crippen molar-refractivity contribution in [3.63, 3.8) is 0 Å². The molecule has 0 spiro atoms. The van der Waals surface area contributed by atoms with Crippen molar-refractivity contribution in [1.29, 1.82) is 0 Å². The highest BCUT2D eigenvalue weighted by molar-refractivity contribution is 5.57. The molecule has 0 amide bonds. The summed E-state index contributed by atoms with van der Waals surface area (Å²) < 4.78 is 0. The predicted octanol–water partition coefficient (Wildman–Crippen LogP) is 2.36. The van der Waals surface area contributed by atoms with Crippen LogP contribution < -0.4 is 11.1 Å². The molecule has 0 saturated heterocycles. The number of nitrogens with zero attached hydrogens (tertiary/aromatic N) is 2. The maximum Gasteiger partial charge on any atom is 0.151 e. The summed E-state index contributed by atoms with van der Waals surface area (Å²) in [6, 6.07) is 8.19. The lowest BCUT2D eigenvalue weighted by atomic mass is 10.1. The summed E-state index contributed by atoms with van der Waals surface area (Å²) in [5, 5.41) is 3.17. The van der Waals surface area contributed by atoms with Crippen LogP contribution in [0.5, 0.6) is 0 Å². The number of aromatic nitrogens is 2. The molecule has 16 heavy (non-hydrogen) atoms. The minimum Gasteiger partial charge on any atom is -0.382 e. The third-order valence-corrected chi connectivity index (χ3v) is 2.26. The summed E-state index contributed by atoms with van der Waals surface area (Å²) in [7, 11) is 0. The van der Waals surface area contributed by atoms with Gasteiger partial charge in [0.2, 0.25) is 0 Å². The lowest BCUT2D eigenvalue weighted by Crippen LogP contribution is -1.98. The van der Waals surface area contributed by atoms with Gasteiger partial charge in [0.15, 0.2) is 5.82 Å². The van der Waals surface area contributed by atoms with E-state index in [1.165, 1.54) is 11.8 Å². The zero-order valence-corrected chi connectivity index (χ0v) is 9.14. The third-order valence-electron chi connectivity index (χ3n) is 2.26. The van der Waals surface area contributed by atoms with Gasteiger partial charge in [-0.3, -0.25) is 4.98 Å². The number of rotatable bonds is 3. The summed E-state index contributed by atoms with van der Waals surface area (Å²) in [6.07, 6.45) is 4.18. The smallest absolute Gasteiger partial charge is 0.151 e. The molecule has 1 aromatic carbocycles. The van der Waals surface area contributed by atoms with E-state index in [4.69, 9.17) is 5.73 Å². The highest BCUT2D eigenvalue weighted by atomic mass is 15.0. The van der Waals surface area contributed by atoms with Crippen LogP contribution in [0, 0.1) is 0 Å². The Hall–Kier alpha value is -2.10. The summed E-state index contributed by atoms with van der Waals surface area (Å²) in [5.41, 5.74) is 7.83. The van der Waals surface area contributed by atoms with E-state index in [2.05, 4.69) is 34.3 Å². The van der Waals surface area contributed by atoms with Gasteiger partial charge in [-0.15, -0.1) is 0 Å². The predicted molar refractivity (Wildman–Crippen MR) is 65.5 cm³/mol. The first kappa shape index (κ1) is 10.4. The van der Waals surface area contributed by atoms with Crippen molar-refractivity contribution in [3.8, 4) is 0 Å². The second-order valence-electron chi connectivity index (χ2n) is 3.51. The molecule has 0 saturated carbocycles. The molecule has 4 nitrogen and oxygen atoms in total. The van der Waals surface area contributed by atoms with Crippen molar-refractivity contribution < 1.29 is 0 Å². The first-order valence-corrected chi connectivity index (χ1v) is 5.21. The van der Waals surface area contributed by atoms with Gasteiger partial charge in [0.05, 0.1) is 12.4 Å². The van der Waals surface area contributed by atoms with E-state index in [-0.39, 0.29) is 0 Å². The minimum absolute atomic E-state index is 0.414. The second kappa shape index (κ2) is 4.61. The molecule has 4 heteroatoms. The van der Waals surface area contributed by atoms with E-state index in [9.17, 15) is 0 Å². The molecule has 2 aromatic rings. The van der Waals surface area contributed by atoms with E-state index >= 15 is 0 Å². The first-order valence-electron chi connectivity index (χ1n) is 5.21. The van der Waals surface area contributed by atoms with Crippen LogP contribution in [0.15, 0.2) is 36.7 Å². The molecule has 3 N–H and O–H groups in total. The van der Waals surface area contributed by atoms with Gasteiger partial charge in [-0.25, -0.2) is 4.98 Å². The monoisotopic (exact) mass is 214 g/mol. The van der Waals surface area contributed by atoms with Crippen LogP contribution in [-0.2, 0) is 6.42 Å². The van der Waals surface area contributed by atoms with Gasteiger partial charge in [0.1, 0.15) is 5.82 Å². The van der Waals surface area contributed by atoms with Crippen molar-refractivity contribution >= 4 is 17.3 Å². The number of hydrogen-bond donors (Lipinski definition) is 2. The Morgan fingerprint density at radius 3 is 2.94 bits per heavy atom. The highest BCUT2D eigenvalue weighted by Crippen LogP contribution is 2.16. The van der Waals surface area contributed by atoms with Crippen molar-refractivity contribution in [3.05, 3.63) is 42.2 Å². The van der Waals surface area contributed by atoms with Gasteiger partial charge in [0, 0.05) is 5.69 Å². The molecule has 1 aromatic heterocycles. The van der Waals surface area contributed by atoms with Crippen molar-refractivity contribution in [2.45, 2.75) is 13.3 Å². The maximum absolute atomic E-state index is 5.55. The Balaban J connectivity index is 2.20. The molecule has 0 radical (unpaired) electrons. The van der Waals surface area contributed by atoms with Crippen molar-refractivity contribution in [1.82, 2.24) is 9.97 Å². The molecule has 0 atom stereocenters. The summed E-state index contributed by atoms with van der Waals surface area (Å²) in [4.78, 5) is 8.10. The summed E-state index contributed by atoms with van der Waals surface area (Å²) >= 11 is 0. The lowest BCUT2D eigenvalue weighted by Gasteiger charge is -2.06. The van der Waals surface area contributed by atoms with Crippen LogP contribution in [0.1, 0.15) is 12.5 Å². The fourth-order valence-corrected chi connectivity index (χ4v) is 1.46. The van der Waals surface area contributed by atoms with Crippen LogP contribution in [0.3, 0.4) is 0 Å². The minimum atomic E-state index is 0.414. The second-order valence-corrected chi connectivity index (χ2v) is 3.51. The third kappa shape index (κ3) is 2.48. The Morgan fingerprint density at radius 1 is 1.31 bits per heavy atom. The average molecular weight is 214 g/mol. The molecule has 0 fully saturated rings. The Kier molecular flexibility index (Phi) is 3.00. The SMILES string of the molecule is CCc1cccc(Nc2cncc(N)n2)c1. The van der Waals surface area contributed by atoms with E-state index in [1.807, 2.05) is 12.1 Å². The maximum atomic E-state index is 5.55. The fourth-order valence-electron chi connectivity index (χ4n) is 1.46. The zero-order chi connectivity index (χ0) is 11.4. The molecule has 82 valence electrons. The van der Waals surface area contributed by atoms with E-state index in [0.717, 1.165) is 12.1 Å². The normalized spacial score (nSPS) is 10.1. The van der Waals surface area contributed by atoms with Crippen LogP contribution >= 0.6 is 0 Å². The van der Waals surface area contributed by atoms with Crippen LogP contribution in [0.4, 0.5) is 17.3 Å². The number of hydrogen-bond acceptors (Lipinski definition) is 4. The topological polar surface area (TPSA) is 63.8 Å². The number of nitrogens with one attached hydrogen (secondary N) is 1. The molecule has 0 aliphatic carbocycles. The van der Waals surface area contributed by atoms with E-state index in [1.54, 1.807) is 6.20 Å². The quantitative estimate of drug-likeness (QED) is 0.823. The molecule has 0 unspecified atom stereocenters. The number of benzene rings is 1. The van der Waals surface area contributed by atoms with Crippen LogP contribution in [-0.4, -0.2) is 9.97 Å². The zero-order valence-electron chi connectivity index (χ0n) is 9.14. The highest BCUT2D eigenvalue weighted by Gasteiger charge is 1.98. The number of anilines is 3. The Morgan fingerprint density at radius 2 is 2.19 bits per heavy atom. The lowest BCUT2D eigenvalue weighted by molar-refractivity contribution is 1.14. The fraction of sp³-hybridized carbons (Fsp3) is 0.167. The van der Waals surface area contributed by atoms with Gasteiger partial charge >= 0.3 is 0 Å². The van der Waals surface area contributed by atoms with Gasteiger partial charge in [-0.2, -0.15) is 0 Å². The Bertz CT molecular complexity index is 482. The standard InChI is InChI=1S/C12H14N4/c1-2-9-4-3-5-10(6-9)15-12-8-14-7-11(13)16-12/h3-8H,2H2,1H3,(H3,13,15,16). The summed E-state index contributed by atoms with van der Waals surface area (Å²) in [5.74, 6) is 1.07. The molecule has 1 heterocycles. The summed E-state index contributed by atoms with van der Waals surface area (Å²) in [6.45, 7) is 2.12. The molecular weight excluding hydrogens is 200 g/mol. The van der Waals surface area contributed by atoms with E-state index in [0.29, 0.717) is 11.6 Å². The van der Waals surface area contributed by atoms with E-state index < -0.39 is 0 Å². The average Bonchev–Trinajstić information content (AvgIpc) is 2.29. The largest absolute Gasteiger partial charge is 0.382 e. The van der Waals surface area contributed by atoms with Crippen molar-refractivity contribution in [2.24, 2.45) is 0 Å². The Labute approximate surface area is 94.5 Å². The first-order chi connectivity index (χ1) is 7.78. The van der Waals surface area contributed by atoms with Crippen LogP contribution in [0.2, 0.25) is 0 Å². The molecule has 0 aliphatic rings. The molecule has 0 bridgehead atoms. The van der Waals surface area contributed by atoms with Crippen LogP contribution in [0.25, 0.3) is 0 Å². The van der Waals surface area contributed by atoms with Gasteiger partial charge in [-0.1, -0.05) is 19.1 Å². The molecular formula is C12H14N4. The van der Waals surface area contributed by atoms with Gasteiger partial charge in [0.25, 0.3) is 0 Å².